The topological polar surface area (TPSA) is 67.9 Å². The highest BCUT2D eigenvalue weighted by Gasteiger charge is 2.20. The van der Waals surface area contributed by atoms with Crippen LogP contribution in [0.1, 0.15) is 11.1 Å². The number of nitrogens with one attached hydrogen (secondary N) is 1. The second-order valence-corrected chi connectivity index (χ2v) is 8.87. The zero-order valence-corrected chi connectivity index (χ0v) is 17.8. The number of aryl methyl sites for hydroxylation is 2. The van der Waals surface area contributed by atoms with E-state index < -0.39 is 15.8 Å². The molecule has 29 heavy (non-hydrogen) atoms. The Morgan fingerprint density at radius 3 is 2.52 bits per heavy atom. The predicted octanol–water partition coefficient (Wildman–Crippen LogP) is 2.73. The number of nitrogens with zero attached hydrogens (tertiary/aromatic N) is 1. The predicted molar refractivity (Wildman–Crippen MR) is 110 cm³/mol. The summed E-state index contributed by atoms with van der Waals surface area (Å²) in [4.78, 5) is 2.37. The maximum absolute atomic E-state index is 14.2. The van der Waals surface area contributed by atoms with Crippen LogP contribution in [0.3, 0.4) is 0 Å². The molecule has 0 saturated carbocycles. The Bertz CT molecular complexity index is 973. The van der Waals surface area contributed by atoms with Gasteiger partial charge in [0.15, 0.2) is 11.6 Å². The zero-order valence-electron chi connectivity index (χ0n) is 17.0. The molecule has 1 heterocycles. The van der Waals surface area contributed by atoms with Crippen molar-refractivity contribution in [2.45, 2.75) is 18.7 Å². The Hall–Kier alpha value is -2.00. The van der Waals surface area contributed by atoms with E-state index in [1.807, 2.05) is 13.0 Å². The number of halogens is 1. The third kappa shape index (κ3) is 5.14. The molecule has 0 atom stereocenters. The number of ether oxygens (including phenoxy) is 2. The van der Waals surface area contributed by atoms with E-state index in [0.29, 0.717) is 43.0 Å². The second-order valence-electron chi connectivity index (χ2n) is 7.13. The average molecular weight is 423 g/mol. The highest BCUT2D eigenvalue weighted by molar-refractivity contribution is 7.89. The minimum absolute atomic E-state index is 0.149. The Morgan fingerprint density at radius 1 is 1.14 bits per heavy atom. The van der Waals surface area contributed by atoms with Crippen molar-refractivity contribution in [2.24, 2.45) is 0 Å². The fourth-order valence-electron chi connectivity index (χ4n) is 3.51. The lowest BCUT2D eigenvalue weighted by atomic mass is 9.98. The van der Waals surface area contributed by atoms with Gasteiger partial charge in [-0.05, 0) is 54.3 Å². The van der Waals surface area contributed by atoms with Gasteiger partial charge in [0.1, 0.15) is 0 Å². The number of morpholine rings is 1. The zero-order chi connectivity index (χ0) is 21.0. The second kappa shape index (κ2) is 9.21. The van der Waals surface area contributed by atoms with Gasteiger partial charge in [0.2, 0.25) is 10.0 Å². The molecule has 3 rings (SSSR count). The largest absolute Gasteiger partial charge is 0.494 e. The molecule has 1 aliphatic rings. The summed E-state index contributed by atoms with van der Waals surface area (Å²) >= 11 is 0. The van der Waals surface area contributed by atoms with Crippen LogP contribution in [0.15, 0.2) is 35.2 Å². The molecule has 2 aromatic rings. The smallest absolute Gasteiger partial charge is 0.240 e. The van der Waals surface area contributed by atoms with Gasteiger partial charge in [-0.2, -0.15) is 0 Å². The summed E-state index contributed by atoms with van der Waals surface area (Å²) in [5, 5.41) is 0. The van der Waals surface area contributed by atoms with Gasteiger partial charge >= 0.3 is 0 Å². The molecule has 2 aromatic carbocycles. The van der Waals surface area contributed by atoms with Crippen molar-refractivity contribution in [1.82, 2.24) is 9.62 Å². The highest BCUT2D eigenvalue weighted by Crippen LogP contribution is 2.31. The summed E-state index contributed by atoms with van der Waals surface area (Å²) in [6.07, 6.45) is 0. The molecule has 0 aromatic heterocycles. The third-order valence-electron chi connectivity index (χ3n) is 5.10. The van der Waals surface area contributed by atoms with E-state index in [1.165, 1.54) is 13.2 Å². The summed E-state index contributed by atoms with van der Waals surface area (Å²) in [5.41, 5.74) is 2.80. The van der Waals surface area contributed by atoms with Gasteiger partial charge < -0.3 is 9.47 Å². The molecule has 0 radical (unpaired) electrons. The fraction of sp³-hybridized carbons (Fsp3) is 0.429. The first-order valence-corrected chi connectivity index (χ1v) is 11.0. The van der Waals surface area contributed by atoms with Crippen molar-refractivity contribution < 1.29 is 22.3 Å². The van der Waals surface area contributed by atoms with Crippen LogP contribution in [0.25, 0.3) is 11.1 Å². The first-order chi connectivity index (χ1) is 13.8. The maximum Gasteiger partial charge on any atom is 0.240 e. The molecule has 0 aliphatic carbocycles. The van der Waals surface area contributed by atoms with Gasteiger partial charge in [0, 0.05) is 26.2 Å². The van der Waals surface area contributed by atoms with Crippen LogP contribution in [0, 0.1) is 19.7 Å². The molecular formula is C21H27FN2O4S. The van der Waals surface area contributed by atoms with E-state index >= 15 is 0 Å². The Balaban J connectivity index is 1.83. The van der Waals surface area contributed by atoms with Crippen LogP contribution in [-0.4, -0.2) is 59.8 Å². The first kappa shape index (κ1) is 21.7. The third-order valence-corrected chi connectivity index (χ3v) is 6.70. The molecular weight excluding hydrogens is 395 g/mol. The number of benzene rings is 2. The molecule has 1 saturated heterocycles. The molecule has 8 heteroatoms. The highest BCUT2D eigenvalue weighted by atomic mass is 32.2. The molecule has 0 bridgehead atoms. The molecule has 1 fully saturated rings. The SMILES string of the molecule is COc1ccc(-c2cc(S(=O)(=O)NCCN3CCOCC3)c(C)cc2C)cc1F. The van der Waals surface area contributed by atoms with Gasteiger partial charge in [-0.3, -0.25) is 4.90 Å². The molecule has 6 nitrogen and oxygen atoms in total. The monoisotopic (exact) mass is 422 g/mol. The molecule has 1 aliphatic heterocycles. The fourth-order valence-corrected chi connectivity index (χ4v) is 4.78. The number of hydrogen-bond acceptors (Lipinski definition) is 5. The minimum atomic E-state index is -3.69. The summed E-state index contributed by atoms with van der Waals surface area (Å²) in [6, 6.07) is 8.05. The van der Waals surface area contributed by atoms with Gasteiger partial charge in [0.25, 0.3) is 0 Å². The molecule has 0 amide bonds. The van der Waals surface area contributed by atoms with E-state index in [2.05, 4.69) is 9.62 Å². The van der Waals surface area contributed by atoms with Crippen molar-refractivity contribution in [3.8, 4) is 16.9 Å². The van der Waals surface area contributed by atoms with Crippen LogP contribution in [-0.2, 0) is 14.8 Å². The Labute approximate surface area is 171 Å². The van der Waals surface area contributed by atoms with Crippen LogP contribution in [0.4, 0.5) is 4.39 Å². The van der Waals surface area contributed by atoms with Gasteiger partial charge in [0.05, 0.1) is 25.2 Å². The number of rotatable bonds is 7. The van der Waals surface area contributed by atoms with Crippen molar-refractivity contribution in [1.29, 1.82) is 0 Å². The molecule has 0 spiro atoms. The van der Waals surface area contributed by atoms with Crippen molar-refractivity contribution in [3.05, 3.63) is 47.3 Å². The summed E-state index contributed by atoms with van der Waals surface area (Å²) < 4.78 is 52.9. The van der Waals surface area contributed by atoms with E-state index in [1.54, 1.807) is 25.1 Å². The van der Waals surface area contributed by atoms with Crippen LogP contribution in [0.2, 0.25) is 0 Å². The lowest BCUT2D eigenvalue weighted by molar-refractivity contribution is 0.0390. The van der Waals surface area contributed by atoms with Crippen molar-refractivity contribution in [2.75, 3.05) is 46.5 Å². The number of sulfonamides is 1. The van der Waals surface area contributed by atoms with Crippen molar-refractivity contribution in [3.63, 3.8) is 0 Å². The summed E-state index contributed by atoms with van der Waals surface area (Å²) in [6.45, 7) is 7.55. The number of methoxy groups -OCH3 is 1. The van der Waals surface area contributed by atoms with Gasteiger partial charge in [-0.1, -0.05) is 12.1 Å². The molecule has 158 valence electrons. The Morgan fingerprint density at radius 2 is 1.86 bits per heavy atom. The van der Waals surface area contributed by atoms with Crippen molar-refractivity contribution >= 4 is 10.0 Å². The summed E-state index contributed by atoms with van der Waals surface area (Å²) in [5.74, 6) is -0.339. The first-order valence-electron chi connectivity index (χ1n) is 9.57. The van der Waals surface area contributed by atoms with Crippen LogP contribution in [0.5, 0.6) is 5.75 Å². The molecule has 1 N–H and O–H groups in total. The standard InChI is InChI=1S/C21H27FN2O4S/c1-15-12-16(2)21(14-18(15)17-4-5-20(27-3)19(22)13-17)29(25,26)23-6-7-24-8-10-28-11-9-24/h4-5,12-14,23H,6-11H2,1-3H3. The normalized spacial score (nSPS) is 15.4. The maximum atomic E-state index is 14.2. The summed E-state index contributed by atoms with van der Waals surface area (Å²) in [7, 11) is -2.28. The lowest BCUT2D eigenvalue weighted by Gasteiger charge is -2.26. The quantitative estimate of drug-likeness (QED) is 0.743. The minimum Gasteiger partial charge on any atom is -0.494 e. The average Bonchev–Trinajstić information content (AvgIpc) is 2.68. The molecule has 0 unspecified atom stereocenters. The van der Waals surface area contributed by atoms with E-state index in [-0.39, 0.29) is 10.6 Å². The van der Waals surface area contributed by atoms with Crippen LogP contribution >= 0.6 is 0 Å². The van der Waals surface area contributed by atoms with E-state index in [9.17, 15) is 12.8 Å². The van der Waals surface area contributed by atoms with E-state index in [0.717, 1.165) is 18.7 Å². The number of hydrogen-bond donors (Lipinski definition) is 1. The Kier molecular flexibility index (Phi) is 6.89. The van der Waals surface area contributed by atoms with Crippen LogP contribution < -0.4 is 9.46 Å². The van der Waals surface area contributed by atoms with E-state index in [4.69, 9.17) is 9.47 Å². The van der Waals surface area contributed by atoms with Gasteiger partial charge in [-0.15, -0.1) is 0 Å². The lowest BCUT2D eigenvalue weighted by Crippen LogP contribution is -2.41. The van der Waals surface area contributed by atoms with Gasteiger partial charge in [-0.25, -0.2) is 17.5 Å².